The van der Waals surface area contributed by atoms with Gasteiger partial charge in [-0.1, -0.05) is 12.1 Å². The SMILES string of the molecule is O=C(O)c1nc2ccccc2nc1C(F)F. The molecule has 82 valence electrons. The Labute approximate surface area is 88.6 Å². The number of aromatic nitrogens is 2. The Balaban J connectivity index is 2.76. The highest BCUT2D eigenvalue weighted by atomic mass is 19.3. The summed E-state index contributed by atoms with van der Waals surface area (Å²) in [5.74, 6) is -1.51. The molecule has 1 heterocycles. The van der Waals surface area contributed by atoms with E-state index in [0.29, 0.717) is 0 Å². The van der Waals surface area contributed by atoms with E-state index in [1.165, 1.54) is 12.1 Å². The number of nitrogens with zero attached hydrogens (tertiary/aromatic N) is 2. The first-order chi connectivity index (χ1) is 7.59. The Kier molecular flexibility index (Phi) is 2.47. The van der Waals surface area contributed by atoms with Crippen LogP contribution in [0.15, 0.2) is 24.3 Å². The quantitative estimate of drug-likeness (QED) is 0.849. The van der Waals surface area contributed by atoms with Crippen LogP contribution in [0.5, 0.6) is 0 Å². The summed E-state index contributed by atoms with van der Waals surface area (Å²) in [4.78, 5) is 18.0. The molecule has 0 amide bonds. The summed E-state index contributed by atoms with van der Waals surface area (Å²) in [5.41, 5.74) is -0.966. The summed E-state index contributed by atoms with van der Waals surface area (Å²) >= 11 is 0. The molecule has 16 heavy (non-hydrogen) atoms. The maximum absolute atomic E-state index is 12.5. The Morgan fingerprint density at radius 2 is 1.75 bits per heavy atom. The first kappa shape index (κ1) is 10.4. The highest BCUT2D eigenvalue weighted by molar-refractivity contribution is 5.89. The minimum absolute atomic E-state index is 0.253. The molecular formula is C10H6F2N2O2. The van der Waals surface area contributed by atoms with Crippen LogP contribution in [0.1, 0.15) is 22.6 Å². The van der Waals surface area contributed by atoms with E-state index in [9.17, 15) is 13.6 Å². The molecular weight excluding hydrogens is 218 g/mol. The Morgan fingerprint density at radius 3 is 2.25 bits per heavy atom. The van der Waals surface area contributed by atoms with Gasteiger partial charge in [0.1, 0.15) is 5.69 Å². The molecule has 0 saturated carbocycles. The van der Waals surface area contributed by atoms with E-state index in [2.05, 4.69) is 9.97 Å². The zero-order chi connectivity index (χ0) is 11.7. The van der Waals surface area contributed by atoms with Crippen molar-refractivity contribution in [2.24, 2.45) is 0 Å². The maximum atomic E-state index is 12.5. The predicted octanol–water partition coefficient (Wildman–Crippen LogP) is 2.27. The van der Waals surface area contributed by atoms with Gasteiger partial charge in [-0.05, 0) is 12.1 Å². The van der Waals surface area contributed by atoms with Crippen LogP contribution < -0.4 is 0 Å². The maximum Gasteiger partial charge on any atom is 0.356 e. The minimum Gasteiger partial charge on any atom is -0.476 e. The number of hydrogen-bond donors (Lipinski definition) is 1. The van der Waals surface area contributed by atoms with Gasteiger partial charge in [-0.15, -0.1) is 0 Å². The van der Waals surface area contributed by atoms with Gasteiger partial charge in [0.15, 0.2) is 5.69 Å². The topological polar surface area (TPSA) is 63.1 Å². The average Bonchev–Trinajstić information content (AvgIpc) is 2.27. The fourth-order valence-electron chi connectivity index (χ4n) is 1.32. The van der Waals surface area contributed by atoms with Crippen molar-refractivity contribution in [3.05, 3.63) is 35.7 Å². The fourth-order valence-corrected chi connectivity index (χ4v) is 1.32. The van der Waals surface area contributed by atoms with E-state index in [1.54, 1.807) is 12.1 Å². The third-order valence-corrected chi connectivity index (χ3v) is 2.01. The zero-order valence-corrected chi connectivity index (χ0v) is 7.89. The van der Waals surface area contributed by atoms with Crippen molar-refractivity contribution in [1.82, 2.24) is 9.97 Å². The van der Waals surface area contributed by atoms with Crippen molar-refractivity contribution in [3.63, 3.8) is 0 Å². The van der Waals surface area contributed by atoms with Gasteiger partial charge in [0.25, 0.3) is 6.43 Å². The molecule has 0 unspecified atom stereocenters. The lowest BCUT2D eigenvalue weighted by Gasteiger charge is -2.05. The van der Waals surface area contributed by atoms with Crippen molar-refractivity contribution in [2.45, 2.75) is 6.43 Å². The van der Waals surface area contributed by atoms with Crippen LogP contribution in [0, 0.1) is 0 Å². The van der Waals surface area contributed by atoms with E-state index in [4.69, 9.17) is 5.11 Å². The van der Waals surface area contributed by atoms with Crippen LogP contribution >= 0.6 is 0 Å². The highest BCUT2D eigenvalue weighted by Gasteiger charge is 2.22. The number of carboxylic acid groups (broad SMARTS) is 1. The van der Waals surface area contributed by atoms with Crippen LogP contribution in [0.4, 0.5) is 8.78 Å². The number of aromatic carboxylic acids is 1. The molecule has 0 aliphatic heterocycles. The summed E-state index contributed by atoms with van der Waals surface area (Å²) in [6.45, 7) is 0. The normalized spacial score (nSPS) is 10.9. The Morgan fingerprint density at radius 1 is 1.19 bits per heavy atom. The van der Waals surface area contributed by atoms with Gasteiger partial charge >= 0.3 is 5.97 Å². The second-order valence-corrected chi connectivity index (χ2v) is 3.05. The molecule has 1 aromatic carbocycles. The molecule has 1 aromatic heterocycles. The Bertz CT molecular complexity index is 558. The molecule has 0 aliphatic rings. The van der Waals surface area contributed by atoms with Crippen molar-refractivity contribution in [3.8, 4) is 0 Å². The largest absolute Gasteiger partial charge is 0.476 e. The molecule has 0 atom stereocenters. The lowest BCUT2D eigenvalue weighted by atomic mass is 10.2. The molecule has 0 aliphatic carbocycles. The summed E-state index contributed by atoms with van der Waals surface area (Å²) in [6.07, 6.45) is -2.96. The van der Waals surface area contributed by atoms with Gasteiger partial charge in [-0.25, -0.2) is 23.5 Å². The first-order valence-corrected chi connectivity index (χ1v) is 4.37. The highest BCUT2D eigenvalue weighted by Crippen LogP contribution is 2.22. The molecule has 0 bridgehead atoms. The number of hydrogen-bond acceptors (Lipinski definition) is 3. The summed E-state index contributed by atoms with van der Waals surface area (Å²) in [5, 5.41) is 8.74. The second-order valence-electron chi connectivity index (χ2n) is 3.05. The van der Waals surface area contributed by atoms with Crippen LogP contribution in [-0.2, 0) is 0 Å². The lowest BCUT2D eigenvalue weighted by molar-refractivity contribution is 0.0675. The third kappa shape index (κ3) is 1.69. The number of para-hydroxylation sites is 2. The molecule has 2 rings (SSSR count). The molecule has 0 spiro atoms. The molecule has 4 nitrogen and oxygen atoms in total. The van der Waals surface area contributed by atoms with Gasteiger partial charge in [-0.3, -0.25) is 0 Å². The van der Waals surface area contributed by atoms with Crippen LogP contribution in [0.25, 0.3) is 11.0 Å². The third-order valence-electron chi connectivity index (χ3n) is 2.01. The van der Waals surface area contributed by atoms with Gasteiger partial charge < -0.3 is 5.11 Å². The fraction of sp³-hybridized carbons (Fsp3) is 0.100. The number of alkyl halides is 2. The van der Waals surface area contributed by atoms with Crippen LogP contribution in [-0.4, -0.2) is 21.0 Å². The van der Waals surface area contributed by atoms with E-state index >= 15 is 0 Å². The van der Waals surface area contributed by atoms with E-state index in [1.807, 2.05) is 0 Å². The molecule has 6 heteroatoms. The van der Waals surface area contributed by atoms with Crippen molar-refractivity contribution in [1.29, 1.82) is 0 Å². The number of halogens is 2. The second kappa shape index (κ2) is 3.80. The molecule has 2 aromatic rings. The first-order valence-electron chi connectivity index (χ1n) is 4.37. The number of carboxylic acids is 1. The van der Waals surface area contributed by atoms with Crippen molar-refractivity contribution in [2.75, 3.05) is 0 Å². The van der Waals surface area contributed by atoms with Crippen LogP contribution in [0.2, 0.25) is 0 Å². The summed E-state index contributed by atoms with van der Waals surface area (Å²) < 4.78 is 25.1. The van der Waals surface area contributed by atoms with Gasteiger partial charge in [-0.2, -0.15) is 0 Å². The monoisotopic (exact) mass is 224 g/mol. The van der Waals surface area contributed by atoms with Gasteiger partial charge in [0.05, 0.1) is 11.0 Å². The molecule has 0 radical (unpaired) electrons. The molecule has 0 fully saturated rings. The van der Waals surface area contributed by atoms with Gasteiger partial charge in [0, 0.05) is 0 Å². The Hall–Kier alpha value is -2.11. The lowest BCUT2D eigenvalue weighted by Crippen LogP contribution is -2.09. The van der Waals surface area contributed by atoms with Gasteiger partial charge in [0.2, 0.25) is 0 Å². The van der Waals surface area contributed by atoms with Crippen LogP contribution in [0.3, 0.4) is 0 Å². The van der Waals surface area contributed by atoms with Crippen molar-refractivity contribution >= 4 is 17.0 Å². The smallest absolute Gasteiger partial charge is 0.356 e. The molecule has 1 N–H and O–H groups in total. The molecule has 0 saturated heterocycles. The van der Waals surface area contributed by atoms with E-state index in [0.717, 1.165) is 0 Å². The van der Waals surface area contributed by atoms with E-state index < -0.39 is 23.8 Å². The standard InChI is InChI=1S/C10H6F2N2O2/c11-9(12)7-8(10(15)16)14-6-4-2-1-3-5(6)13-7/h1-4,9H,(H,15,16). The minimum atomic E-state index is -2.96. The predicted molar refractivity (Wildman–Crippen MR) is 51.5 cm³/mol. The average molecular weight is 224 g/mol. The number of rotatable bonds is 2. The zero-order valence-electron chi connectivity index (χ0n) is 7.89. The number of fused-ring (bicyclic) bond motifs is 1. The van der Waals surface area contributed by atoms with Crippen molar-refractivity contribution < 1.29 is 18.7 Å². The number of carbonyl (C=O) groups is 1. The van der Waals surface area contributed by atoms with E-state index in [-0.39, 0.29) is 11.0 Å². The summed E-state index contributed by atoms with van der Waals surface area (Å²) in [7, 11) is 0. The summed E-state index contributed by atoms with van der Waals surface area (Å²) in [6, 6.07) is 6.27. The number of benzene rings is 1.